The molecule has 5 aromatic carbocycles. The second-order valence-corrected chi connectivity index (χ2v) is 48.0. The molecule has 11 rings (SSSR count). The molecule has 0 amide bonds. The number of oxime groups is 5. The number of benzene rings is 5. The molecule has 6 heterocycles. The zero-order valence-electron chi connectivity index (χ0n) is 82.7. The number of carboxylic acids is 1. The molecule has 144 heavy (non-hydrogen) atoms. The third kappa shape index (κ3) is 35.8. The van der Waals surface area contributed by atoms with Gasteiger partial charge in [-0.3, -0.25) is 37.1 Å². The van der Waals surface area contributed by atoms with E-state index in [9.17, 15) is 84.3 Å². The Morgan fingerprint density at radius 1 is 0.403 bits per heavy atom. The first kappa shape index (κ1) is 121. The molecule has 784 valence electrons. The maximum atomic E-state index is 13.0. The smallest absolute Gasteiger partial charge is 0.327 e. The highest BCUT2D eigenvalue weighted by Gasteiger charge is 2.53. The van der Waals surface area contributed by atoms with E-state index in [0.29, 0.717) is 80.8 Å². The molecule has 6 aliphatic rings. The highest BCUT2D eigenvalue weighted by molar-refractivity contribution is 9.10. The quantitative estimate of drug-likeness (QED) is 0.0190. The molecule has 11 atom stereocenters. The summed E-state index contributed by atoms with van der Waals surface area (Å²) in [6.45, 7) is 10.8. The fourth-order valence-electron chi connectivity index (χ4n) is 14.3. The van der Waals surface area contributed by atoms with Crippen molar-refractivity contribution in [1.29, 1.82) is 0 Å². The third-order valence-corrected chi connectivity index (χ3v) is 34.1. The Morgan fingerprint density at radius 2 is 0.660 bits per heavy atom. The van der Waals surface area contributed by atoms with E-state index in [1.807, 2.05) is 84.9 Å². The number of rotatable bonds is 36. The van der Waals surface area contributed by atoms with Gasteiger partial charge in [0, 0.05) is 161 Å². The van der Waals surface area contributed by atoms with Crippen LogP contribution in [0.4, 0.5) is 13.2 Å². The van der Waals surface area contributed by atoms with E-state index in [2.05, 4.69) is 95.0 Å². The molecule has 3 N–H and O–H groups in total. The second kappa shape index (κ2) is 57.0. The molecule has 0 spiro atoms. The Kier molecular flexibility index (Phi) is 48.0. The summed E-state index contributed by atoms with van der Waals surface area (Å²) in [6.07, 6.45) is 12.1. The molecule has 0 radical (unpaired) electrons. The maximum absolute atomic E-state index is 13.0. The van der Waals surface area contributed by atoms with Crippen molar-refractivity contribution < 1.29 is 142 Å². The van der Waals surface area contributed by atoms with Gasteiger partial charge in [0.1, 0.15) is 61.9 Å². The number of ketones is 1. The Labute approximate surface area is 850 Å². The lowest BCUT2D eigenvalue weighted by Gasteiger charge is -2.29. The number of aliphatic hydroxyl groups excluding tert-OH is 2. The third-order valence-electron chi connectivity index (χ3n) is 23.7. The summed E-state index contributed by atoms with van der Waals surface area (Å²) in [6, 6.07) is 36.6. The number of aliphatic hydroxyl groups is 2. The summed E-state index contributed by atoms with van der Waals surface area (Å²) >= 11 is 3.37. The van der Waals surface area contributed by atoms with Gasteiger partial charge in [-0.15, -0.1) is 12.3 Å². The van der Waals surface area contributed by atoms with E-state index in [-0.39, 0.29) is 91.0 Å². The number of hydrogen-bond acceptors (Lipinski definition) is 32. The molecule has 1 saturated heterocycles. The van der Waals surface area contributed by atoms with Crippen LogP contribution in [0.3, 0.4) is 0 Å². The van der Waals surface area contributed by atoms with Crippen LogP contribution in [0.5, 0.6) is 0 Å². The Hall–Kier alpha value is -11.3. The van der Waals surface area contributed by atoms with Crippen molar-refractivity contribution in [1.82, 2.24) is 0 Å². The minimum atomic E-state index is -3.82. The molecular formula is C102H125BrF3N5O28S5. The number of Topliss-reactive ketones (excluding diaryl/α,β-unsaturated/α-hetero) is 1. The number of terminal acetylenes is 1. The van der Waals surface area contributed by atoms with Crippen LogP contribution in [0.2, 0.25) is 0 Å². The molecule has 1 fully saturated rings. The number of carbonyl (C=O) groups excluding carboxylic acids is 4. The number of nitrogens with zero attached hydrogens (tertiary/aromatic N) is 5. The van der Waals surface area contributed by atoms with Gasteiger partial charge in [-0.2, -0.15) is 0 Å². The SMILES string of the molecule is C#CCCO.CCOC(=O)[C@@](C)(C[C@H]1CC(c2ccc(Br)cc2)=NO1)S(C)(=O)=O.CCOC(=O)[C@@](C)(C[C@H]1CC(c2ccc(C#CCCF)cc2)=NO1)S(C)(=O)=O.CCOC(=O)[C@@](C)(C[C@H]1CC(c2ccc(C#CCCO)cc2)=NO1)S(C)(=O)=O.C[C@@](C[C@H]1CC(c2ccc(C#CCCF)cc2)=NO1)(C(=O)COC1CCCCO1)S(C)(=O)=O.C[C@@](C[C@H]1CC(c2ccc(C#CCCF)cc2)=NO1)(C(=O)O)S(C)(=O)=O. The van der Waals surface area contributed by atoms with Crippen molar-refractivity contribution in [3.63, 3.8) is 0 Å². The van der Waals surface area contributed by atoms with E-state index >= 15 is 0 Å². The number of esters is 3. The minimum absolute atomic E-state index is 0.00576. The van der Waals surface area contributed by atoms with E-state index in [0.717, 1.165) is 104 Å². The first-order valence-corrected chi connectivity index (χ1v) is 56.2. The van der Waals surface area contributed by atoms with Gasteiger partial charge in [-0.1, -0.05) is 150 Å². The Morgan fingerprint density at radius 3 is 0.882 bits per heavy atom. The van der Waals surface area contributed by atoms with Crippen LogP contribution in [0.25, 0.3) is 0 Å². The summed E-state index contributed by atoms with van der Waals surface area (Å²) in [4.78, 5) is 88.1. The fraction of sp³-hybridized carbons (Fsp3) is 0.510. The summed E-state index contributed by atoms with van der Waals surface area (Å²) < 4.78 is 177. The lowest BCUT2D eigenvalue weighted by atomic mass is 9.94. The van der Waals surface area contributed by atoms with Crippen LogP contribution in [-0.2, 0) is 121 Å². The molecule has 6 aliphatic heterocycles. The molecule has 42 heteroatoms. The van der Waals surface area contributed by atoms with Gasteiger partial charge in [0.15, 0.2) is 80.2 Å². The predicted molar refractivity (Wildman–Crippen MR) is 543 cm³/mol. The normalized spacial score (nSPS) is 19.2. The fourth-order valence-corrected chi connectivity index (χ4v) is 18.9. The first-order chi connectivity index (χ1) is 67.9. The lowest BCUT2D eigenvalue weighted by Crippen LogP contribution is -2.48. The van der Waals surface area contributed by atoms with Crippen LogP contribution in [0, 0.1) is 59.7 Å². The van der Waals surface area contributed by atoms with Gasteiger partial charge in [-0.05, 0) is 163 Å². The molecule has 5 aromatic rings. The minimum Gasteiger partial charge on any atom is -0.480 e. The van der Waals surface area contributed by atoms with Crippen LogP contribution >= 0.6 is 15.9 Å². The van der Waals surface area contributed by atoms with Crippen molar-refractivity contribution in [2.24, 2.45) is 25.8 Å². The molecule has 1 unspecified atom stereocenters. The van der Waals surface area contributed by atoms with Crippen molar-refractivity contribution in [2.75, 3.05) is 97.6 Å². The van der Waals surface area contributed by atoms with Gasteiger partial charge < -0.3 is 63.2 Å². The highest BCUT2D eigenvalue weighted by atomic mass is 79.9. The number of carbonyl (C=O) groups is 5. The molecule has 33 nitrogen and oxygen atoms in total. The molecule has 0 bridgehead atoms. The van der Waals surface area contributed by atoms with Gasteiger partial charge >= 0.3 is 23.9 Å². The zero-order chi connectivity index (χ0) is 107. The highest BCUT2D eigenvalue weighted by Crippen LogP contribution is 2.37. The average molecular weight is 2170 g/mol. The monoisotopic (exact) mass is 2160 g/mol. The number of aliphatic carboxylic acids is 1. The number of sulfone groups is 5. The van der Waals surface area contributed by atoms with Crippen molar-refractivity contribution >= 4 is 123 Å². The van der Waals surface area contributed by atoms with Crippen LogP contribution in [0.1, 0.15) is 221 Å². The zero-order valence-corrected chi connectivity index (χ0v) is 88.4. The summed E-state index contributed by atoms with van der Waals surface area (Å²) in [5.74, 6) is 20.6. The predicted octanol–water partition coefficient (Wildman–Crippen LogP) is 12.4. The summed E-state index contributed by atoms with van der Waals surface area (Å²) in [5.41, 5.74) is 10.6. The topological polar surface area (TPSA) is 471 Å². The Balaban J connectivity index is 0.000000273. The van der Waals surface area contributed by atoms with E-state index in [1.165, 1.54) is 34.6 Å². The molecule has 0 saturated carbocycles. The van der Waals surface area contributed by atoms with Gasteiger partial charge in [0.25, 0.3) is 0 Å². The number of ether oxygens (including phenoxy) is 5. The number of alkyl halides is 3. The van der Waals surface area contributed by atoms with Gasteiger partial charge in [0.05, 0.1) is 61.6 Å². The van der Waals surface area contributed by atoms with Crippen molar-refractivity contribution in [3.05, 3.63) is 176 Å². The standard InChI is InChI=1S/C24H30FNO6S.C20H24FNO5S.C20H25NO6S.C18H20FNO5S.C16H20BrNO5S.C4H6O/c1-24(33(2,28)29,22(27)17-31-23-8-4-6-14-30-23)16-20-15-21(26-32-20)19-11-9-18(10-12-19)7-3-5-13-25;1-4-26-19(23)20(2,28(3,24)25)14-17-13-18(22-27-17)16-10-8-15(9-11-16)7-5-6-12-21;1-4-26-19(23)20(2,28(3,24)25)14-17-13-18(21-27-17)16-10-8-15(9-11-16)7-5-6-12-22;1-18(17(21)22,26(2,23)24)12-15-11-16(20-25-15)14-8-6-13(7-9-14)5-3-4-10-19;1-4-22-15(19)16(2,24(3,20)21)10-13-9-14(18-23-13)11-5-7-12(17)8-6-11;1-2-3-4-5/h9-12,20,23H,4-6,8,13-17H2,1-2H3;8-11,17H,4,6,12-14H2,1-3H3;8-11,17,22H,4,6,12-14H2,1-3H3;6-9,15H,4,10-12H2,1-2H3,(H,21,22);5-8,13H,4,9-10H2,1-3H3;1,5H,3-4H2/t20-,23?,24-;2*17-,20-;15-,18-;13-,16-;/m11111./s1. The summed E-state index contributed by atoms with van der Waals surface area (Å²) in [5, 5.41) is 46.2. The van der Waals surface area contributed by atoms with Gasteiger partial charge in [0.2, 0.25) is 0 Å². The van der Waals surface area contributed by atoms with Crippen molar-refractivity contribution in [2.45, 2.75) is 232 Å². The molecular weight excluding hydrogens is 2040 g/mol. The first-order valence-electron chi connectivity index (χ1n) is 46.0. The van der Waals surface area contributed by atoms with E-state index in [4.69, 9.17) is 64.5 Å². The number of carboxylic acid groups (broad SMARTS) is 1. The largest absolute Gasteiger partial charge is 0.480 e. The average Bonchev–Trinajstić information content (AvgIpc) is 1.39. The van der Waals surface area contributed by atoms with Crippen LogP contribution in [-0.4, -0.2) is 274 Å². The van der Waals surface area contributed by atoms with Crippen LogP contribution < -0.4 is 0 Å². The van der Waals surface area contributed by atoms with E-state index in [1.54, 1.807) is 57.2 Å². The van der Waals surface area contributed by atoms with Crippen LogP contribution in [0.15, 0.2) is 152 Å². The molecule has 0 aliphatic carbocycles. The number of hydrogen-bond donors (Lipinski definition) is 3. The lowest BCUT2D eigenvalue weighted by molar-refractivity contribution is -0.170. The Bertz CT molecular complexity index is 6170. The summed E-state index contributed by atoms with van der Waals surface area (Å²) in [7, 11) is -18.7. The molecule has 0 aromatic heterocycles. The van der Waals surface area contributed by atoms with E-state index < -0.39 is 159 Å². The number of halogens is 4. The second-order valence-electron chi connectivity index (χ2n) is 34.9. The van der Waals surface area contributed by atoms with Gasteiger partial charge in [-0.25, -0.2) is 42.1 Å². The van der Waals surface area contributed by atoms with Crippen molar-refractivity contribution in [3.8, 4) is 59.7 Å². The maximum Gasteiger partial charge on any atom is 0.327 e.